The molecule has 1 amide bonds. The first-order chi connectivity index (χ1) is 10.1. The summed E-state index contributed by atoms with van der Waals surface area (Å²) in [5.74, 6) is 0.162. The summed E-state index contributed by atoms with van der Waals surface area (Å²) in [7, 11) is 1.85. The average molecular weight is 305 g/mol. The summed E-state index contributed by atoms with van der Waals surface area (Å²) >= 11 is 1.65. The van der Waals surface area contributed by atoms with Crippen LogP contribution in [0.4, 0.5) is 0 Å². The van der Waals surface area contributed by atoms with Gasteiger partial charge in [0.1, 0.15) is 0 Å². The van der Waals surface area contributed by atoms with Crippen molar-refractivity contribution >= 4 is 17.2 Å². The molecule has 3 heterocycles. The van der Waals surface area contributed by atoms with E-state index in [0.717, 1.165) is 23.6 Å². The zero-order valence-corrected chi connectivity index (χ0v) is 13.0. The van der Waals surface area contributed by atoms with Gasteiger partial charge in [-0.25, -0.2) is 0 Å². The maximum atomic E-state index is 12.5. The summed E-state index contributed by atoms with van der Waals surface area (Å²) in [5, 5.41) is 9.53. The van der Waals surface area contributed by atoms with Crippen LogP contribution in [0.15, 0.2) is 23.7 Å². The normalized spacial score (nSPS) is 19.6. The molecule has 1 fully saturated rings. The van der Waals surface area contributed by atoms with E-state index in [1.165, 1.54) is 0 Å². The van der Waals surface area contributed by atoms with Crippen molar-refractivity contribution in [1.29, 1.82) is 0 Å². The van der Waals surface area contributed by atoms with Gasteiger partial charge in [-0.1, -0.05) is 6.07 Å². The Kier molecular flexibility index (Phi) is 4.07. The first-order valence-electron chi connectivity index (χ1n) is 7.10. The first kappa shape index (κ1) is 14.3. The van der Waals surface area contributed by atoms with Crippen molar-refractivity contribution in [2.75, 3.05) is 13.2 Å². The Bertz CT molecular complexity index is 615. The molecule has 0 bridgehead atoms. The number of aryl methyl sites for hydroxylation is 1. The number of carbonyl (C=O) groups is 1. The molecular weight excluding hydrogens is 286 g/mol. The summed E-state index contributed by atoms with van der Waals surface area (Å²) in [4.78, 5) is 13.7. The molecule has 0 aromatic carbocycles. The number of thiophene rings is 1. The van der Waals surface area contributed by atoms with Crippen molar-refractivity contribution in [2.45, 2.75) is 25.3 Å². The Morgan fingerprint density at radius 1 is 1.62 bits per heavy atom. The molecule has 3 rings (SSSR count). The van der Waals surface area contributed by atoms with Crippen LogP contribution in [0.2, 0.25) is 0 Å². The van der Waals surface area contributed by atoms with Gasteiger partial charge in [-0.05, 0) is 24.8 Å². The fraction of sp³-hybridized carbons (Fsp3) is 0.467. The van der Waals surface area contributed by atoms with Crippen LogP contribution in [0.1, 0.15) is 46.2 Å². The van der Waals surface area contributed by atoms with Gasteiger partial charge in [0.25, 0.3) is 5.91 Å². The Labute approximate surface area is 127 Å². The van der Waals surface area contributed by atoms with Crippen LogP contribution < -0.4 is 5.32 Å². The van der Waals surface area contributed by atoms with E-state index >= 15 is 0 Å². The third-order valence-electron chi connectivity index (χ3n) is 3.74. The highest BCUT2D eigenvalue weighted by molar-refractivity contribution is 7.10. The van der Waals surface area contributed by atoms with Gasteiger partial charge in [-0.3, -0.25) is 9.48 Å². The summed E-state index contributed by atoms with van der Waals surface area (Å²) in [6.45, 7) is 3.39. The monoisotopic (exact) mass is 305 g/mol. The number of nitrogens with one attached hydrogen (secondary N) is 1. The van der Waals surface area contributed by atoms with Crippen molar-refractivity contribution in [1.82, 2.24) is 15.1 Å². The van der Waals surface area contributed by atoms with Gasteiger partial charge < -0.3 is 10.1 Å². The first-order valence-corrected chi connectivity index (χ1v) is 7.98. The van der Waals surface area contributed by atoms with Gasteiger partial charge in [0, 0.05) is 30.6 Å². The topological polar surface area (TPSA) is 56.2 Å². The Morgan fingerprint density at radius 3 is 3.14 bits per heavy atom. The van der Waals surface area contributed by atoms with Crippen molar-refractivity contribution in [3.05, 3.63) is 39.8 Å². The number of carbonyl (C=O) groups excluding carboxylic acids is 1. The van der Waals surface area contributed by atoms with Gasteiger partial charge in [0.2, 0.25) is 0 Å². The van der Waals surface area contributed by atoms with Gasteiger partial charge in [-0.2, -0.15) is 5.10 Å². The van der Waals surface area contributed by atoms with Crippen LogP contribution >= 0.6 is 11.3 Å². The standard InChI is InChI=1S/C15H19N3O2S/c1-10(13-4-3-7-21-13)16-15(19)12-8-18(2)17-14(12)11-5-6-20-9-11/h3-4,7-8,10-11H,5-6,9H2,1-2H3,(H,16,19)/t10-,11+/m1/s1. The SMILES string of the molecule is C[C@@H](NC(=O)c1cn(C)nc1[C@H]1CCOC1)c1cccs1. The molecule has 6 heteroatoms. The van der Waals surface area contributed by atoms with Crippen molar-refractivity contribution in [3.8, 4) is 0 Å². The molecule has 112 valence electrons. The molecule has 1 aliphatic rings. The highest BCUT2D eigenvalue weighted by Gasteiger charge is 2.27. The lowest BCUT2D eigenvalue weighted by molar-refractivity contribution is 0.0939. The largest absolute Gasteiger partial charge is 0.381 e. The third-order valence-corrected chi connectivity index (χ3v) is 4.79. The molecule has 2 atom stereocenters. The van der Waals surface area contributed by atoms with Crippen molar-refractivity contribution < 1.29 is 9.53 Å². The molecule has 0 saturated carbocycles. The number of aromatic nitrogens is 2. The average Bonchev–Trinajstić information content (AvgIpc) is 3.19. The number of hydrogen-bond donors (Lipinski definition) is 1. The lowest BCUT2D eigenvalue weighted by Gasteiger charge is -2.13. The Morgan fingerprint density at radius 2 is 2.48 bits per heavy atom. The summed E-state index contributed by atoms with van der Waals surface area (Å²) in [6, 6.07) is 4.03. The smallest absolute Gasteiger partial charge is 0.255 e. The van der Waals surface area contributed by atoms with E-state index in [4.69, 9.17) is 4.74 Å². The van der Waals surface area contributed by atoms with E-state index in [-0.39, 0.29) is 17.9 Å². The molecule has 1 aliphatic heterocycles. The molecule has 5 nitrogen and oxygen atoms in total. The molecule has 21 heavy (non-hydrogen) atoms. The fourth-order valence-corrected chi connectivity index (χ4v) is 3.35. The Hall–Kier alpha value is -1.66. The molecule has 1 saturated heterocycles. The molecule has 0 unspecified atom stereocenters. The summed E-state index contributed by atoms with van der Waals surface area (Å²) in [6.07, 6.45) is 2.72. The predicted octanol–water partition coefficient (Wildman–Crippen LogP) is 2.48. The second-order valence-corrected chi connectivity index (χ2v) is 6.35. The molecule has 1 N–H and O–H groups in total. The minimum Gasteiger partial charge on any atom is -0.381 e. The second kappa shape index (κ2) is 5.99. The minimum absolute atomic E-state index is 0.00499. The fourth-order valence-electron chi connectivity index (χ4n) is 2.62. The lowest BCUT2D eigenvalue weighted by atomic mass is 10.0. The lowest BCUT2D eigenvalue weighted by Crippen LogP contribution is -2.27. The predicted molar refractivity (Wildman–Crippen MR) is 81.6 cm³/mol. The number of rotatable bonds is 4. The van der Waals surface area contributed by atoms with Crippen LogP contribution in [0.25, 0.3) is 0 Å². The quantitative estimate of drug-likeness (QED) is 0.944. The van der Waals surface area contributed by atoms with E-state index in [1.54, 1.807) is 22.2 Å². The molecule has 2 aromatic heterocycles. The van der Waals surface area contributed by atoms with E-state index < -0.39 is 0 Å². The van der Waals surface area contributed by atoms with Crippen LogP contribution in [0.5, 0.6) is 0 Å². The van der Waals surface area contributed by atoms with E-state index in [0.29, 0.717) is 12.2 Å². The van der Waals surface area contributed by atoms with Crippen LogP contribution in [0, 0.1) is 0 Å². The zero-order chi connectivity index (χ0) is 14.8. The van der Waals surface area contributed by atoms with E-state index in [2.05, 4.69) is 10.4 Å². The third kappa shape index (κ3) is 3.01. The van der Waals surface area contributed by atoms with Crippen LogP contribution in [-0.2, 0) is 11.8 Å². The number of hydrogen-bond acceptors (Lipinski definition) is 4. The maximum absolute atomic E-state index is 12.5. The molecule has 0 aliphatic carbocycles. The number of nitrogens with zero attached hydrogens (tertiary/aromatic N) is 2. The highest BCUT2D eigenvalue weighted by atomic mass is 32.1. The van der Waals surface area contributed by atoms with Crippen LogP contribution in [0.3, 0.4) is 0 Å². The minimum atomic E-state index is -0.0640. The summed E-state index contributed by atoms with van der Waals surface area (Å²) in [5.41, 5.74) is 1.52. The van der Waals surface area contributed by atoms with E-state index in [9.17, 15) is 4.79 Å². The van der Waals surface area contributed by atoms with Crippen LogP contribution in [-0.4, -0.2) is 28.9 Å². The summed E-state index contributed by atoms with van der Waals surface area (Å²) < 4.78 is 7.12. The molecule has 0 spiro atoms. The van der Waals surface area contributed by atoms with E-state index in [1.807, 2.05) is 31.5 Å². The highest BCUT2D eigenvalue weighted by Crippen LogP contribution is 2.27. The Balaban J connectivity index is 1.78. The van der Waals surface area contributed by atoms with Crippen molar-refractivity contribution in [2.24, 2.45) is 7.05 Å². The van der Waals surface area contributed by atoms with Gasteiger partial charge >= 0.3 is 0 Å². The maximum Gasteiger partial charge on any atom is 0.255 e. The van der Waals surface area contributed by atoms with Gasteiger partial charge in [0.15, 0.2) is 0 Å². The molecule has 0 radical (unpaired) electrons. The van der Waals surface area contributed by atoms with Gasteiger partial charge in [0.05, 0.1) is 23.9 Å². The molecule has 2 aromatic rings. The number of amides is 1. The van der Waals surface area contributed by atoms with Crippen molar-refractivity contribution in [3.63, 3.8) is 0 Å². The zero-order valence-electron chi connectivity index (χ0n) is 12.2. The second-order valence-electron chi connectivity index (χ2n) is 5.37. The number of ether oxygens (including phenoxy) is 1. The molecular formula is C15H19N3O2S. The van der Waals surface area contributed by atoms with Gasteiger partial charge in [-0.15, -0.1) is 11.3 Å².